The molecule has 1 aromatic carbocycles. The van der Waals surface area contributed by atoms with Crippen LogP contribution in [0.4, 0.5) is 5.69 Å². The van der Waals surface area contributed by atoms with E-state index in [9.17, 15) is 4.79 Å². The van der Waals surface area contributed by atoms with Gasteiger partial charge < -0.3 is 19.5 Å². The van der Waals surface area contributed by atoms with E-state index in [1.807, 2.05) is 18.2 Å². The number of hydrogen-bond donors (Lipinski definition) is 1. The van der Waals surface area contributed by atoms with Gasteiger partial charge in [0.05, 0.1) is 18.9 Å². The van der Waals surface area contributed by atoms with E-state index < -0.39 is 6.10 Å². The number of amides is 1. The zero-order valence-corrected chi connectivity index (χ0v) is 10.4. The lowest BCUT2D eigenvalue weighted by molar-refractivity contribution is -0.202. The summed E-state index contributed by atoms with van der Waals surface area (Å²) in [5, 5.41) is 2.83. The van der Waals surface area contributed by atoms with Gasteiger partial charge in [0.1, 0.15) is 11.4 Å². The largest absolute Gasteiger partial charge is 0.479 e. The molecule has 0 aromatic heterocycles. The van der Waals surface area contributed by atoms with Gasteiger partial charge in [-0.2, -0.15) is 0 Å². The Bertz CT molecular complexity index is 490. The number of methoxy groups -OCH3 is 1. The van der Waals surface area contributed by atoms with Crippen LogP contribution in [0.25, 0.3) is 0 Å². The SMILES string of the molecule is COC1(c2ccc3c(c2)NC(=O)C(C)O3)COC1. The first kappa shape index (κ1) is 11.5. The van der Waals surface area contributed by atoms with Crippen LogP contribution in [-0.4, -0.2) is 32.3 Å². The Morgan fingerprint density at radius 1 is 1.44 bits per heavy atom. The lowest BCUT2D eigenvalue weighted by Gasteiger charge is -2.40. The van der Waals surface area contributed by atoms with Gasteiger partial charge >= 0.3 is 0 Å². The zero-order valence-electron chi connectivity index (χ0n) is 10.4. The third kappa shape index (κ3) is 1.59. The van der Waals surface area contributed by atoms with Gasteiger partial charge in [-0.25, -0.2) is 0 Å². The highest BCUT2D eigenvalue weighted by molar-refractivity contribution is 5.97. The lowest BCUT2D eigenvalue weighted by Crippen LogP contribution is -2.48. The molecular weight excluding hydrogens is 234 g/mol. The summed E-state index contributed by atoms with van der Waals surface area (Å²) in [5.74, 6) is 0.563. The number of nitrogens with one attached hydrogen (secondary N) is 1. The van der Waals surface area contributed by atoms with Crippen molar-refractivity contribution in [3.8, 4) is 5.75 Å². The van der Waals surface area contributed by atoms with Crippen LogP contribution in [0.1, 0.15) is 12.5 Å². The van der Waals surface area contributed by atoms with Gasteiger partial charge in [-0.1, -0.05) is 6.07 Å². The minimum Gasteiger partial charge on any atom is -0.479 e. The number of anilines is 1. The van der Waals surface area contributed by atoms with Crippen molar-refractivity contribution in [1.82, 2.24) is 0 Å². The molecule has 5 heteroatoms. The van der Waals surface area contributed by atoms with Crippen LogP contribution in [0.5, 0.6) is 5.75 Å². The van der Waals surface area contributed by atoms with E-state index in [-0.39, 0.29) is 11.5 Å². The molecule has 18 heavy (non-hydrogen) atoms. The highest BCUT2D eigenvalue weighted by atomic mass is 16.6. The molecular formula is C13H15NO4. The first-order valence-corrected chi connectivity index (χ1v) is 5.89. The Labute approximate surface area is 105 Å². The summed E-state index contributed by atoms with van der Waals surface area (Å²) in [4.78, 5) is 11.6. The van der Waals surface area contributed by atoms with Crippen LogP contribution in [-0.2, 0) is 19.9 Å². The Kier molecular flexibility index (Phi) is 2.53. The van der Waals surface area contributed by atoms with Crippen molar-refractivity contribution in [1.29, 1.82) is 0 Å². The van der Waals surface area contributed by atoms with Crippen molar-refractivity contribution >= 4 is 11.6 Å². The Morgan fingerprint density at radius 3 is 2.83 bits per heavy atom. The van der Waals surface area contributed by atoms with E-state index in [0.717, 1.165) is 5.56 Å². The predicted molar refractivity (Wildman–Crippen MR) is 64.7 cm³/mol. The number of fused-ring (bicyclic) bond motifs is 1. The summed E-state index contributed by atoms with van der Waals surface area (Å²) in [6.07, 6.45) is -0.452. The van der Waals surface area contributed by atoms with Crippen molar-refractivity contribution < 1.29 is 19.0 Å². The van der Waals surface area contributed by atoms with E-state index in [0.29, 0.717) is 24.7 Å². The number of ether oxygens (including phenoxy) is 3. The van der Waals surface area contributed by atoms with E-state index >= 15 is 0 Å². The van der Waals surface area contributed by atoms with Crippen LogP contribution in [0.15, 0.2) is 18.2 Å². The number of rotatable bonds is 2. The molecule has 1 saturated heterocycles. The normalized spacial score (nSPS) is 24.6. The molecule has 1 atom stereocenters. The molecule has 0 radical (unpaired) electrons. The monoisotopic (exact) mass is 249 g/mol. The van der Waals surface area contributed by atoms with Gasteiger partial charge in [0.2, 0.25) is 0 Å². The summed E-state index contributed by atoms with van der Waals surface area (Å²) in [6.45, 7) is 2.80. The molecule has 0 spiro atoms. The maximum Gasteiger partial charge on any atom is 0.265 e. The third-order valence-electron chi connectivity index (χ3n) is 3.50. The summed E-state index contributed by atoms with van der Waals surface area (Å²) >= 11 is 0. The van der Waals surface area contributed by atoms with E-state index in [2.05, 4.69) is 5.32 Å². The molecule has 0 aliphatic carbocycles. The molecule has 1 aromatic rings. The molecule has 1 amide bonds. The van der Waals surface area contributed by atoms with Gasteiger partial charge in [-0.3, -0.25) is 4.79 Å². The minimum atomic E-state index is -0.452. The lowest BCUT2D eigenvalue weighted by atomic mass is 9.91. The van der Waals surface area contributed by atoms with Gasteiger partial charge in [0.25, 0.3) is 5.91 Å². The second-order valence-electron chi connectivity index (χ2n) is 4.65. The van der Waals surface area contributed by atoms with Crippen LogP contribution >= 0.6 is 0 Å². The Hall–Kier alpha value is -1.59. The minimum absolute atomic E-state index is 0.129. The molecule has 2 heterocycles. The predicted octanol–water partition coefficient (Wildman–Crippen LogP) is 1.28. The zero-order chi connectivity index (χ0) is 12.8. The summed E-state index contributed by atoms with van der Waals surface area (Å²) in [5.41, 5.74) is 1.30. The van der Waals surface area contributed by atoms with Crippen molar-refractivity contribution in [3.63, 3.8) is 0 Å². The highest BCUT2D eigenvalue weighted by Crippen LogP contribution is 2.38. The second kappa shape index (κ2) is 3.96. The summed E-state index contributed by atoms with van der Waals surface area (Å²) in [7, 11) is 1.67. The Morgan fingerprint density at radius 2 is 2.22 bits per heavy atom. The molecule has 0 saturated carbocycles. The topological polar surface area (TPSA) is 56.8 Å². The van der Waals surface area contributed by atoms with E-state index in [1.54, 1.807) is 14.0 Å². The summed E-state index contributed by atoms with van der Waals surface area (Å²) < 4.78 is 16.3. The van der Waals surface area contributed by atoms with Gasteiger partial charge in [-0.05, 0) is 24.6 Å². The summed E-state index contributed by atoms with van der Waals surface area (Å²) in [6, 6.07) is 5.71. The molecule has 1 fully saturated rings. The highest BCUT2D eigenvalue weighted by Gasteiger charge is 2.41. The van der Waals surface area contributed by atoms with Crippen LogP contribution in [0, 0.1) is 0 Å². The average Bonchev–Trinajstić information content (AvgIpc) is 2.30. The first-order chi connectivity index (χ1) is 8.64. The molecule has 0 bridgehead atoms. The number of hydrogen-bond acceptors (Lipinski definition) is 4. The van der Waals surface area contributed by atoms with Crippen molar-refractivity contribution in [2.45, 2.75) is 18.6 Å². The fourth-order valence-electron chi connectivity index (χ4n) is 2.18. The van der Waals surface area contributed by atoms with E-state index in [1.165, 1.54) is 0 Å². The molecule has 2 aliphatic heterocycles. The number of carbonyl (C=O) groups is 1. The smallest absolute Gasteiger partial charge is 0.265 e. The first-order valence-electron chi connectivity index (χ1n) is 5.89. The van der Waals surface area contributed by atoms with Gasteiger partial charge in [0, 0.05) is 7.11 Å². The van der Waals surface area contributed by atoms with Crippen LogP contribution in [0.3, 0.4) is 0 Å². The molecule has 5 nitrogen and oxygen atoms in total. The van der Waals surface area contributed by atoms with Crippen LogP contribution in [0.2, 0.25) is 0 Å². The molecule has 96 valence electrons. The second-order valence-corrected chi connectivity index (χ2v) is 4.65. The maximum atomic E-state index is 11.6. The molecule has 3 rings (SSSR count). The third-order valence-corrected chi connectivity index (χ3v) is 3.50. The van der Waals surface area contributed by atoms with Crippen molar-refractivity contribution in [3.05, 3.63) is 23.8 Å². The molecule has 1 unspecified atom stereocenters. The number of benzene rings is 1. The van der Waals surface area contributed by atoms with Crippen molar-refractivity contribution in [2.75, 3.05) is 25.6 Å². The Balaban J connectivity index is 1.96. The molecule has 2 aliphatic rings. The molecule has 1 N–H and O–H groups in total. The average molecular weight is 249 g/mol. The van der Waals surface area contributed by atoms with Gasteiger partial charge in [-0.15, -0.1) is 0 Å². The fraction of sp³-hybridized carbons (Fsp3) is 0.462. The van der Waals surface area contributed by atoms with Crippen molar-refractivity contribution in [2.24, 2.45) is 0 Å². The standard InChI is InChI=1S/C13H15NO4/c1-8-12(15)14-10-5-9(3-4-11(10)18-8)13(16-2)6-17-7-13/h3-5,8H,6-7H2,1-2H3,(H,14,15). The fourth-order valence-corrected chi connectivity index (χ4v) is 2.18. The number of carbonyl (C=O) groups excluding carboxylic acids is 1. The van der Waals surface area contributed by atoms with Gasteiger partial charge in [0.15, 0.2) is 6.10 Å². The van der Waals surface area contributed by atoms with Crippen LogP contribution < -0.4 is 10.1 Å². The maximum absolute atomic E-state index is 11.6. The quantitative estimate of drug-likeness (QED) is 0.857. The van der Waals surface area contributed by atoms with E-state index in [4.69, 9.17) is 14.2 Å².